The minimum atomic E-state index is -0.0153. The van der Waals surface area contributed by atoms with Gasteiger partial charge in [-0.05, 0) is 146 Å². The lowest BCUT2D eigenvalue weighted by Gasteiger charge is -2.93. The Kier molecular flexibility index (Phi) is 7.99. The van der Waals surface area contributed by atoms with Crippen molar-refractivity contribution in [3.8, 4) is 22.3 Å². The monoisotopic (exact) mass is 749 g/mol. The van der Waals surface area contributed by atoms with Crippen molar-refractivity contribution in [2.75, 3.05) is 4.90 Å². The molecule has 10 rings (SSSR count). The average Bonchev–Trinajstić information content (AvgIpc) is 3.13. The molecule has 0 heterocycles. The summed E-state index contributed by atoms with van der Waals surface area (Å²) in [7, 11) is 0. The van der Waals surface area contributed by atoms with Crippen LogP contribution in [0.5, 0.6) is 0 Å². The molecule has 5 aliphatic carbocycles. The highest BCUT2D eigenvalue weighted by molar-refractivity contribution is 5.95. The minimum Gasteiger partial charge on any atom is -0.309 e. The van der Waals surface area contributed by atoms with E-state index in [2.05, 4.69) is 195 Å². The second kappa shape index (κ2) is 12.3. The normalized spacial score (nSPS) is 28.1. The quantitative estimate of drug-likeness (QED) is 0.167. The molecular formula is C56H63N. The summed E-state index contributed by atoms with van der Waals surface area (Å²) in [6.07, 6.45) is 10.9. The molecule has 1 heteroatoms. The van der Waals surface area contributed by atoms with E-state index in [1.54, 1.807) is 5.56 Å². The van der Waals surface area contributed by atoms with E-state index in [1.807, 2.05) is 0 Å². The summed E-state index contributed by atoms with van der Waals surface area (Å²) in [5.74, 6) is 4.08. The summed E-state index contributed by atoms with van der Waals surface area (Å²) in [5.41, 5.74) is 17.3. The van der Waals surface area contributed by atoms with Gasteiger partial charge in [-0.2, -0.15) is 0 Å². The van der Waals surface area contributed by atoms with Crippen LogP contribution in [0.25, 0.3) is 28.3 Å². The number of anilines is 3. The van der Waals surface area contributed by atoms with Gasteiger partial charge in [0.2, 0.25) is 0 Å². The van der Waals surface area contributed by atoms with E-state index in [4.69, 9.17) is 0 Å². The van der Waals surface area contributed by atoms with Crippen LogP contribution in [0.3, 0.4) is 0 Å². The van der Waals surface area contributed by atoms with E-state index in [0.29, 0.717) is 22.7 Å². The zero-order valence-corrected chi connectivity index (χ0v) is 36.2. The van der Waals surface area contributed by atoms with E-state index in [0.717, 1.165) is 17.8 Å². The fourth-order valence-corrected chi connectivity index (χ4v) is 13.2. The van der Waals surface area contributed by atoms with Gasteiger partial charge in [-0.15, -0.1) is 0 Å². The van der Waals surface area contributed by atoms with Gasteiger partial charge in [-0.1, -0.05) is 166 Å². The van der Waals surface area contributed by atoms with E-state index in [-0.39, 0.29) is 16.2 Å². The third kappa shape index (κ3) is 5.25. The maximum atomic E-state index is 2.62. The van der Waals surface area contributed by atoms with Crippen molar-refractivity contribution in [1.29, 1.82) is 0 Å². The Bertz CT molecular complexity index is 2360. The molecule has 0 saturated heterocycles. The molecule has 0 N–H and O–H groups in total. The summed E-state index contributed by atoms with van der Waals surface area (Å²) < 4.78 is 0. The zero-order valence-electron chi connectivity index (χ0n) is 36.2. The van der Waals surface area contributed by atoms with Crippen molar-refractivity contribution in [3.63, 3.8) is 0 Å². The molecule has 57 heavy (non-hydrogen) atoms. The molecule has 5 aliphatic rings. The second-order valence-electron chi connectivity index (χ2n) is 22.0. The summed E-state index contributed by atoms with van der Waals surface area (Å²) in [4.78, 5) is 2.62. The number of allylic oxidation sites excluding steroid dienone is 1. The molecule has 4 saturated carbocycles. The number of benzene rings is 5. The van der Waals surface area contributed by atoms with E-state index in [9.17, 15) is 0 Å². The third-order valence-electron chi connectivity index (χ3n) is 15.9. The van der Waals surface area contributed by atoms with Crippen LogP contribution in [0.2, 0.25) is 0 Å². The summed E-state index contributed by atoms with van der Waals surface area (Å²) >= 11 is 0. The maximum absolute atomic E-state index is 2.62. The molecule has 0 aliphatic heterocycles. The van der Waals surface area contributed by atoms with Gasteiger partial charge >= 0.3 is 0 Å². The maximum Gasteiger partial charge on any atom is 0.0540 e. The molecule has 0 bridgehead atoms. The molecule has 0 radical (unpaired) electrons. The fourth-order valence-electron chi connectivity index (χ4n) is 13.2. The Labute approximate surface area is 343 Å². The first-order chi connectivity index (χ1) is 27.0. The summed E-state index contributed by atoms with van der Waals surface area (Å²) in [6, 6.07) is 42.5. The molecule has 1 spiro atoms. The topological polar surface area (TPSA) is 3.24 Å². The highest BCUT2D eigenvalue weighted by Crippen LogP contribution is 2.95. The van der Waals surface area contributed by atoms with Crippen molar-refractivity contribution < 1.29 is 0 Å². The van der Waals surface area contributed by atoms with Crippen molar-refractivity contribution in [3.05, 3.63) is 143 Å². The fraction of sp³-hybridized carbons (Fsp3) is 0.429. The molecule has 4 fully saturated rings. The lowest BCUT2D eigenvalue weighted by atomic mass is 9.11. The Morgan fingerprint density at radius 2 is 1.09 bits per heavy atom. The lowest BCUT2D eigenvalue weighted by Crippen LogP contribution is -2.86. The highest BCUT2D eigenvalue weighted by Gasteiger charge is 2.88. The van der Waals surface area contributed by atoms with Crippen LogP contribution >= 0.6 is 0 Å². The Hall–Kier alpha value is -4.36. The molecule has 0 amide bonds. The highest BCUT2D eigenvalue weighted by atomic mass is 15.1. The van der Waals surface area contributed by atoms with Gasteiger partial charge in [-0.25, -0.2) is 0 Å². The van der Waals surface area contributed by atoms with Crippen molar-refractivity contribution in [1.82, 2.24) is 0 Å². The van der Waals surface area contributed by atoms with E-state index in [1.165, 1.54) is 87.3 Å². The molecular weight excluding hydrogens is 687 g/mol. The number of hydrogen-bond donors (Lipinski definition) is 0. The Balaban J connectivity index is 1.20. The average molecular weight is 750 g/mol. The smallest absolute Gasteiger partial charge is 0.0540 e. The van der Waals surface area contributed by atoms with Gasteiger partial charge in [0.15, 0.2) is 0 Å². The van der Waals surface area contributed by atoms with Crippen LogP contribution in [0.4, 0.5) is 17.1 Å². The van der Waals surface area contributed by atoms with E-state index >= 15 is 0 Å². The predicted octanol–water partition coefficient (Wildman–Crippen LogP) is 15.6. The number of fused-ring (bicyclic) bond motifs is 1. The second-order valence-corrected chi connectivity index (χ2v) is 22.0. The van der Waals surface area contributed by atoms with Gasteiger partial charge < -0.3 is 4.90 Å². The minimum absolute atomic E-state index is 0.0153. The van der Waals surface area contributed by atoms with Crippen LogP contribution in [0, 0.1) is 34.5 Å². The molecule has 292 valence electrons. The first-order valence-corrected chi connectivity index (χ1v) is 22.1. The SMILES string of the molecule is CC1C=Cc2cccc(-c3ccccc3N(c3cc(C(C)(C)C)cc(C(C)(C)C)c3)c3ccccc3-c3ccc(C(C)(C)C)cc3)c2C1C12CC3CC4CC(C1)C432. The van der Waals surface area contributed by atoms with Crippen LogP contribution in [-0.2, 0) is 16.2 Å². The van der Waals surface area contributed by atoms with Crippen LogP contribution in [0.15, 0.2) is 115 Å². The van der Waals surface area contributed by atoms with Crippen LogP contribution in [-0.4, -0.2) is 0 Å². The van der Waals surface area contributed by atoms with Crippen LogP contribution in [0.1, 0.15) is 129 Å². The predicted molar refractivity (Wildman–Crippen MR) is 243 cm³/mol. The van der Waals surface area contributed by atoms with Crippen LogP contribution < -0.4 is 4.90 Å². The van der Waals surface area contributed by atoms with Gasteiger partial charge in [0, 0.05) is 16.8 Å². The Morgan fingerprint density at radius 3 is 1.65 bits per heavy atom. The number of para-hydroxylation sites is 2. The first-order valence-electron chi connectivity index (χ1n) is 22.1. The third-order valence-corrected chi connectivity index (χ3v) is 15.9. The molecule has 5 aromatic rings. The van der Waals surface area contributed by atoms with Gasteiger partial charge in [-0.3, -0.25) is 0 Å². The largest absolute Gasteiger partial charge is 0.309 e. The van der Waals surface area contributed by atoms with Gasteiger partial charge in [0.05, 0.1) is 11.4 Å². The van der Waals surface area contributed by atoms with Crippen molar-refractivity contribution in [2.45, 2.75) is 117 Å². The molecule has 5 aromatic carbocycles. The lowest BCUT2D eigenvalue weighted by molar-refractivity contribution is -0.440. The zero-order chi connectivity index (χ0) is 39.9. The molecule has 4 unspecified atom stereocenters. The first kappa shape index (κ1) is 36.9. The number of rotatable bonds is 6. The molecule has 0 aromatic heterocycles. The summed E-state index contributed by atoms with van der Waals surface area (Å²) in [5, 5.41) is 0. The van der Waals surface area contributed by atoms with Crippen molar-refractivity contribution in [2.24, 2.45) is 34.5 Å². The molecule has 4 atom stereocenters. The van der Waals surface area contributed by atoms with Gasteiger partial charge in [0.25, 0.3) is 0 Å². The number of hydrogen-bond acceptors (Lipinski definition) is 1. The number of nitrogens with zero attached hydrogens (tertiary/aromatic N) is 1. The van der Waals surface area contributed by atoms with Crippen molar-refractivity contribution >= 4 is 23.1 Å². The van der Waals surface area contributed by atoms with E-state index < -0.39 is 0 Å². The summed E-state index contributed by atoms with van der Waals surface area (Å²) in [6.45, 7) is 23.6. The van der Waals surface area contributed by atoms with Gasteiger partial charge in [0.1, 0.15) is 0 Å². The Morgan fingerprint density at radius 1 is 0.544 bits per heavy atom. The molecule has 1 nitrogen and oxygen atoms in total. The standard InChI is InChI=1S/C56H63N/c1-35-22-23-37-16-15-19-47(50(37)51(35)55-33-42-29-41-30-43(34-55)56(41,42)55)46-18-12-14-21-49(46)57(44-31-39(53(5,6)7)28-40(32-44)54(8,9)10)48-20-13-11-17-45(48)36-24-26-38(27-25-36)52(2,3)4/h11-28,31-32,35,41-43,51H,29-30,33-34H2,1-10H3.